The molecule has 64 heavy (non-hydrogen) atoms. The Bertz CT molecular complexity index is 1060. The smallest absolute Gasteiger partial charge is 0.220 e. The van der Waals surface area contributed by atoms with E-state index in [1.54, 1.807) is 6.08 Å². The second kappa shape index (κ2) is 45.5. The molecule has 0 bridgehead atoms. The number of nitrogens with one attached hydrogen (secondary N) is 1. The Morgan fingerprint density at radius 1 is 0.516 bits per heavy atom. The Morgan fingerprint density at radius 2 is 0.891 bits per heavy atom. The molecule has 9 heteroatoms. The Hall–Kier alpha value is -1.33. The van der Waals surface area contributed by atoms with E-state index in [9.17, 15) is 30.3 Å². The van der Waals surface area contributed by atoms with Crippen molar-refractivity contribution in [3.63, 3.8) is 0 Å². The molecular formula is C55H105NO8. The SMILES string of the molecule is CCCCCCCCCCCCCCCCCCCCCCCCCC/C=C/CC/C=C/C(O)C(COC1OC(CO)C(O)C(O)C1O)NC(=O)CCCCCCCCCCCCC. The summed E-state index contributed by atoms with van der Waals surface area (Å²) in [4.78, 5) is 12.9. The van der Waals surface area contributed by atoms with Gasteiger partial charge in [0.1, 0.15) is 24.4 Å². The molecule has 9 nitrogen and oxygen atoms in total. The van der Waals surface area contributed by atoms with E-state index < -0.39 is 49.5 Å². The first-order valence-electron chi connectivity index (χ1n) is 27.6. The van der Waals surface area contributed by atoms with Gasteiger partial charge in [-0.15, -0.1) is 0 Å². The number of hydrogen-bond acceptors (Lipinski definition) is 8. The molecule has 0 saturated carbocycles. The summed E-state index contributed by atoms with van der Waals surface area (Å²) in [5.74, 6) is -0.186. The number of ether oxygens (including phenoxy) is 2. The molecule has 0 radical (unpaired) electrons. The van der Waals surface area contributed by atoms with Crippen LogP contribution in [0.5, 0.6) is 0 Å². The van der Waals surface area contributed by atoms with Crippen LogP contribution in [0.2, 0.25) is 0 Å². The lowest BCUT2D eigenvalue weighted by Gasteiger charge is -2.40. The maximum Gasteiger partial charge on any atom is 0.220 e. The Morgan fingerprint density at radius 3 is 1.31 bits per heavy atom. The highest BCUT2D eigenvalue weighted by Gasteiger charge is 2.44. The van der Waals surface area contributed by atoms with Gasteiger partial charge in [-0.1, -0.05) is 250 Å². The molecular weight excluding hydrogens is 803 g/mol. The van der Waals surface area contributed by atoms with Crippen LogP contribution in [0.15, 0.2) is 24.3 Å². The van der Waals surface area contributed by atoms with E-state index in [0.717, 1.165) is 38.5 Å². The van der Waals surface area contributed by atoms with Crippen molar-refractivity contribution in [2.24, 2.45) is 0 Å². The van der Waals surface area contributed by atoms with Gasteiger partial charge in [0.2, 0.25) is 5.91 Å². The number of amides is 1. The van der Waals surface area contributed by atoms with Crippen LogP contribution in [0.3, 0.4) is 0 Å². The minimum atomic E-state index is -1.57. The molecule has 1 heterocycles. The third-order valence-electron chi connectivity index (χ3n) is 13.3. The van der Waals surface area contributed by atoms with E-state index in [-0.39, 0.29) is 12.5 Å². The van der Waals surface area contributed by atoms with Crippen LogP contribution in [-0.4, -0.2) is 87.5 Å². The fraction of sp³-hybridized carbons (Fsp3) is 0.909. The molecule has 1 rings (SSSR count). The summed E-state index contributed by atoms with van der Waals surface area (Å²) in [7, 11) is 0. The number of aliphatic hydroxyl groups excluding tert-OH is 5. The lowest BCUT2D eigenvalue weighted by atomic mass is 9.99. The number of unbranched alkanes of at least 4 members (excludes halogenated alkanes) is 35. The number of aliphatic hydroxyl groups is 5. The van der Waals surface area contributed by atoms with E-state index in [1.165, 1.54) is 205 Å². The zero-order valence-electron chi connectivity index (χ0n) is 41.8. The normalized spacial score (nSPS) is 20.1. The number of allylic oxidation sites excluding steroid dienone is 3. The lowest BCUT2D eigenvalue weighted by Crippen LogP contribution is -2.60. The molecule has 0 aromatic heterocycles. The van der Waals surface area contributed by atoms with Crippen LogP contribution >= 0.6 is 0 Å². The highest BCUT2D eigenvalue weighted by molar-refractivity contribution is 5.76. The first-order valence-corrected chi connectivity index (χ1v) is 27.6. The summed E-state index contributed by atoms with van der Waals surface area (Å²) in [6.45, 7) is 3.77. The molecule has 7 unspecified atom stereocenters. The first kappa shape index (κ1) is 60.7. The van der Waals surface area contributed by atoms with Gasteiger partial charge in [-0.05, 0) is 32.1 Å². The molecule has 1 fully saturated rings. The summed E-state index contributed by atoms with van der Waals surface area (Å²) in [5.41, 5.74) is 0. The molecule has 0 aliphatic carbocycles. The fourth-order valence-electron chi connectivity index (χ4n) is 8.88. The van der Waals surface area contributed by atoms with Gasteiger partial charge in [0, 0.05) is 6.42 Å². The maximum atomic E-state index is 12.9. The van der Waals surface area contributed by atoms with Gasteiger partial charge >= 0.3 is 0 Å². The number of hydrogen-bond donors (Lipinski definition) is 6. The van der Waals surface area contributed by atoms with Gasteiger partial charge in [0.25, 0.3) is 0 Å². The number of carbonyl (C=O) groups excluding carboxylic acids is 1. The van der Waals surface area contributed by atoms with Crippen molar-refractivity contribution in [1.29, 1.82) is 0 Å². The minimum absolute atomic E-state index is 0.186. The predicted octanol–water partition coefficient (Wildman–Crippen LogP) is 13.0. The van der Waals surface area contributed by atoms with Crippen molar-refractivity contribution >= 4 is 5.91 Å². The molecule has 1 aliphatic heterocycles. The van der Waals surface area contributed by atoms with E-state index in [2.05, 4.69) is 31.3 Å². The monoisotopic (exact) mass is 908 g/mol. The van der Waals surface area contributed by atoms with Gasteiger partial charge in [0.05, 0.1) is 25.4 Å². The van der Waals surface area contributed by atoms with Gasteiger partial charge in [-0.3, -0.25) is 4.79 Å². The van der Waals surface area contributed by atoms with Crippen molar-refractivity contribution in [3.8, 4) is 0 Å². The molecule has 1 saturated heterocycles. The van der Waals surface area contributed by atoms with Crippen LogP contribution in [0.25, 0.3) is 0 Å². The highest BCUT2D eigenvalue weighted by Crippen LogP contribution is 2.23. The van der Waals surface area contributed by atoms with Crippen molar-refractivity contribution < 1.29 is 39.8 Å². The second-order valence-corrected chi connectivity index (χ2v) is 19.4. The van der Waals surface area contributed by atoms with Crippen molar-refractivity contribution in [2.75, 3.05) is 13.2 Å². The van der Waals surface area contributed by atoms with Gasteiger partial charge in [-0.25, -0.2) is 0 Å². The van der Waals surface area contributed by atoms with Crippen LogP contribution in [-0.2, 0) is 14.3 Å². The number of carbonyl (C=O) groups is 1. The largest absolute Gasteiger partial charge is 0.394 e. The van der Waals surface area contributed by atoms with Gasteiger partial charge in [-0.2, -0.15) is 0 Å². The Labute approximate surface area is 394 Å². The van der Waals surface area contributed by atoms with Crippen LogP contribution in [0.1, 0.15) is 264 Å². The molecule has 6 N–H and O–H groups in total. The zero-order valence-corrected chi connectivity index (χ0v) is 41.8. The third-order valence-corrected chi connectivity index (χ3v) is 13.3. The molecule has 0 spiro atoms. The quantitative estimate of drug-likeness (QED) is 0.0261. The summed E-state index contributed by atoms with van der Waals surface area (Å²) < 4.78 is 11.2. The summed E-state index contributed by atoms with van der Waals surface area (Å²) in [6.07, 6.45) is 49.8. The van der Waals surface area contributed by atoms with Crippen LogP contribution < -0.4 is 5.32 Å². The summed E-state index contributed by atoms with van der Waals surface area (Å²) >= 11 is 0. The van der Waals surface area contributed by atoms with Crippen molar-refractivity contribution in [2.45, 2.75) is 307 Å². The van der Waals surface area contributed by atoms with Crippen LogP contribution in [0, 0.1) is 0 Å². The maximum absolute atomic E-state index is 12.9. The average Bonchev–Trinajstić information content (AvgIpc) is 3.29. The van der Waals surface area contributed by atoms with Crippen molar-refractivity contribution in [3.05, 3.63) is 24.3 Å². The fourth-order valence-corrected chi connectivity index (χ4v) is 8.88. The van der Waals surface area contributed by atoms with E-state index >= 15 is 0 Å². The van der Waals surface area contributed by atoms with E-state index in [1.807, 2.05) is 6.08 Å². The topological polar surface area (TPSA) is 149 Å². The summed E-state index contributed by atoms with van der Waals surface area (Å²) in [5, 5.41) is 54.3. The van der Waals surface area contributed by atoms with Gasteiger partial charge in [0.15, 0.2) is 6.29 Å². The van der Waals surface area contributed by atoms with E-state index in [0.29, 0.717) is 6.42 Å². The summed E-state index contributed by atoms with van der Waals surface area (Å²) in [6, 6.07) is -0.817. The van der Waals surface area contributed by atoms with Crippen molar-refractivity contribution in [1.82, 2.24) is 5.32 Å². The molecule has 1 aliphatic rings. The van der Waals surface area contributed by atoms with E-state index in [4.69, 9.17) is 9.47 Å². The molecule has 0 aromatic rings. The second-order valence-electron chi connectivity index (χ2n) is 19.4. The zero-order chi connectivity index (χ0) is 46.6. The predicted molar refractivity (Wildman–Crippen MR) is 267 cm³/mol. The average molecular weight is 908 g/mol. The standard InChI is InChI=1S/C55H105NO8/c1-3-5-7-9-11-13-15-16-17-18-19-20-21-22-23-24-25-26-27-28-29-30-31-32-33-35-36-38-40-42-44-49(58)48(47-63-55-54(62)53(61)52(60)50(46-57)64-55)56-51(59)45-43-41-39-37-34-14-12-10-8-6-4-2/h35-36,42,44,48-50,52-55,57-58,60-62H,3-34,37-41,43,45-47H2,1-2H3,(H,56,59)/b36-35+,44-42+. The minimum Gasteiger partial charge on any atom is -0.394 e. The third kappa shape index (κ3) is 34.9. The highest BCUT2D eigenvalue weighted by atomic mass is 16.7. The molecule has 1 amide bonds. The lowest BCUT2D eigenvalue weighted by molar-refractivity contribution is -0.302. The molecule has 0 aromatic carbocycles. The molecule has 7 atom stereocenters. The number of rotatable bonds is 47. The molecule has 378 valence electrons. The first-order chi connectivity index (χ1) is 31.3. The van der Waals surface area contributed by atoms with Gasteiger partial charge < -0.3 is 40.3 Å². The Balaban J connectivity index is 2.17. The Kier molecular flexibility index (Phi) is 43.1. The van der Waals surface area contributed by atoms with Crippen LogP contribution in [0.4, 0.5) is 0 Å².